The maximum absolute atomic E-state index is 5.93. The van der Waals surface area contributed by atoms with Crippen LogP contribution in [0.2, 0.25) is 5.02 Å². The zero-order chi connectivity index (χ0) is 13.9. The SMILES string of the molecule is Cc1cc([C@H]2CN[C@@H](Cc3ccc(Cl)cc3)CO2)[nH]n1. The van der Waals surface area contributed by atoms with Crippen molar-refractivity contribution < 1.29 is 4.74 Å². The average Bonchev–Trinajstić information content (AvgIpc) is 2.89. The number of aromatic nitrogens is 2. The lowest BCUT2D eigenvalue weighted by atomic mass is 10.0. The number of aryl methyl sites for hydroxylation is 1. The molecular weight excluding hydrogens is 274 g/mol. The highest BCUT2D eigenvalue weighted by atomic mass is 35.5. The second-order valence-corrected chi connectivity index (χ2v) is 5.66. The van der Waals surface area contributed by atoms with E-state index < -0.39 is 0 Å². The molecule has 0 amide bonds. The fourth-order valence-electron chi connectivity index (χ4n) is 2.47. The minimum absolute atomic E-state index is 0.0673. The van der Waals surface area contributed by atoms with Gasteiger partial charge >= 0.3 is 0 Å². The molecule has 2 aromatic rings. The Morgan fingerprint density at radius 3 is 2.75 bits per heavy atom. The fourth-order valence-corrected chi connectivity index (χ4v) is 2.59. The van der Waals surface area contributed by atoms with Crippen molar-refractivity contribution in [1.29, 1.82) is 0 Å². The van der Waals surface area contributed by atoms with Gasteiger partial charge in [-0.1, -0.05) is 23.7 Å². The van der Waals surface area contributed by atoms with Crippen molar-refractivity contribution in [2.45, 2.75) is 25.5 Å². The summed E-state index contributed by atoms with van der Waals surface area (Å²) in [5.74, 6) is 0. The number of hydrogen-bond donors (Lipinski definition) is 2. The second kappa shape index (κ2) is 5.95. The van der Waals surface area contributed by atoms with Crippen molar-refractivity contribution in [3.8, 4) is 0 Å². The summed E-state index contributed by atoms with van der Waals surface area (Å²) in [6.07, 6.45) is 1.02. The lowest BCUT2D eigenvalue weighted by Crippen LogP contribution is -2.44. The molecule has 1 aliphatic rings. The lowest BCUT2D eigenvalue weighted by molar-refractivity contribution is 0.000679. The van der Waals surface area contributed by atoms with E-state index >= 15 is 0 Å². The summed E-state index contributed by atoms with van der Waals surface area (Å²) in [4.78, 5) is 0. The molecule has 2 N–H and O–H groups in total. The van der Waals surface area contributed by atoms with Gasteiger partial charge in [-0.2, -0.15) is 5.10 Å². The first-order valence-electron chi connectivity index (χ1n) is 6.82. The van der Waals surface area contributed by atoms with E-state index in [1.165, 1.54) is 5.56 Å². The molecule has 0 bridgehead atoms. The minimum atomic E-state index is 0.0673. The molecule has 1 saturated heterocycles. The number of morpholine rings is 1. The summed E-state index contributed by atoms with van der Waals surface area (Å²) in [6.45, 7) is 3.48. The Balaban J connectivity index is 1.54. The molecule has 20 heavy (non-hydrogen) atoms. The molecule has 3 rings (SSSR count). The number of hydrogen-bond acceptors (Lipinski definition) is 3. The van der Waals surface area contributed by atoms with Gasteiger partial charge in [-0.15, -0.1) is 0 Å². The van der Waals surface area contributed by atoms with Crippen LogP contribution in [-0.4, -0.2) is 29.4 Å². The highest BCUT2D eigenvalue weighted by Gasteiger charge is 2.23. The third-order valence-corrected chi connectivity index (χ3v) is 3.81. The van der Waals surface area contributed by atoms with Crippen molar-refractivity contribution in [2.75, 3.05) is 13.2 Å². The molecule has 5 heteroatoms. The number of H-pyrrole nitrogens is 1. The monoisotopic (exact) mass is 291 g/mol. The summed E-state index contributed by atoms with van der Waals surface area (Å²) in [5, 5.41) is 11.5. The Morgan fingerprint density at radius 1 is 1.35 bits per heavy atom. The van der Waals surface area contributed by atoms with Crippen LogP contribution in [0.4, 0.5) is 0 Å². The molecule has 1 aromatic heterocycles. The maximum Gasteiger partial charge on any atom is 0.111 e. The molecule has 0 spiro atoms. The molecule has 0 radical (unpaired) electrons. The van der Waals surface area contributed by atoms with E-state index in [4.69, 9.17) is 16.3 Å². The summed E-state index contributed by atoms with van der Waals surface area (Å²) in [6, 6.07) is 10.4. The number of aromatic amines is 1. The van der Waals surface area contributed by atoms with Crippen LogP contribution in [0.5, 0.6) is 0 Å². The zero-order valence-electron chi connectivity index (χ0n) is 11.4. The van der Waals surface area contributed by atoms with E-state index in [-0.39, 0.29) is 6.10 Å². The fraction of sp³-hybridized carbons (Fsp3) is 0.400. The van der Waals surface area contributed by atoms with Gasteiger partial charge in [0.05, 0.1) is 18.0 Å². The van der Waals surface area contributed by atoms with Gasteiger partial charge < -0.3 is 10.1 Å². The van der Waals surface area contributed by atoms with Gasteiger partial charge in [-0.3, -0.25) is 5.10 Å². The van der Waals surface area contributed by atoms with Crippen molar-refractivity contribution in [2.24, 2.45) is 0 Å². The number of nitrogens with zero attached hydrogens (tertiary/aromatic N) is 1. The van der Waals surface area contributed by atoms with Crippen molar-refractivity contribution >= 4 is 11.6 Å². The molecule has 1 aromatic carbocycles. The Labute approximate surface area is 123 Å². The van der Waals surface area contributed by atoms with Crippen LogP contribution in [0.3, 0.4) is 0 Å². The predicted octanol–water partition coefficient (Wildman–Crippen LogP) is 2.64. The molecular formula is C15H18ClN3O. The van der Waals surface area contributed by atoms with Gasteiger partial charge in [0.1, 0.15) is 6.10 Å². The summed E-state index contributed by atoms with van der Waals surface area (Å²) < 4.78 is 5.93. The zero-order valence-corrected chi connectivity index (χ0v) is 12.2. The first-order chi connectivity index (χ1) is 9.70. The van der Waals surface area contributed by atoms with Crippen LogP contribution in [-0.2, 0) is 11.2 Å². The average molecular weight is 292 g/mol. The third-order valence-electron chi connectivity index (χ3n) is 3.56. The van der Waals surface area contributed by atoms with Crippen LogP contribution in [0.1, 0.15) is 23.1 Å². The molecule has 1 aliphatic heterocycles. The summed E-state index contributed by atoms with van der Waals surface area (Å²) in [5.41, 5.74) is 3.30. The van der Waals surface area contributed by atoms with Crippen LogP contribution in [0.25, 0.3) is 0 Å². The van der Waals surface area contributed by atoms with Crippen molar-refractivity contribution in [1.82, 2.24) is 15.5 Å². The number of halogens is 1. The Morgan fingerprint density at radius 2 is 2.15 bits per heavy atom. The lowest BCUT2D eigenvalue weighted by Gasteiger charge is -2.29. The molecule has 2 heterocycles. The Hall–Kier alpha value is -1.36. The maximum atomic E-state index is 5.93. The Kier molecular flexibility index (Phi) is 4.05. The van der Waals surface area contributed by atoms with Crippen LogP contribution in [0, 0.1) is 6.92 Å². The number of rotatable bonds is 3. The van der Waals surface area contributed by atoms with Crippen molar-refractivity contribution in [3.05, 3.63) is 52.3 Å². The van der Waals surface area contributed by atoms with Gasteiger partial charge in [0.15, 0.2) is 0 Å². The molecule has 1 fully saturated rings. The van der Waals surface area contributed by atoms with E-state index in [9.17, 15) is 0 Å². The molecule has 0 saturated carbocycles. The predicted molar refractivity (Wildman–Crippen MR) is 79.0 cm³/mol. The Bertz CT molecular complexity index is 559. The van der Waals surface area contributed by atoms with Crippen LogP contribution in [0.15, 0.2) is 30.3 Å². The highest BCUT2D eigenvalue weighted by Crippen LogP contribution is 2.20. The smallest absolute Gasteiger partial charge is 0.111 e. The van der Waals surface area contributed by atoms with Crippen LogP contribution >= 0.6 is 11.6 Å². The standard InChI is InChI=1S/C15H18ClN3O/c1-10-6-14(19-18-10)15-8-17-13(9-20-15)7-11-2-4-12(16)5-3-11/h2-6,13,15,17H,7-9H2,1H3,(H,18,19)/t13-,15+/m0/s1. The van der Waals surface area contributed by atoms with E-state index in [1.807, 2.05) is 25.1 Å². The van der Waals surface area contributed by atoms with Gasteiger partial charge in [-0.25, -0.2) is 0 Å². The van der Waals surface area contributed by atoms with Crippen LogP contribution < -0.4 is 5.32 Å². The number of ether oxygens (including phenoxy) is 1. The molecule has 0 aliphatic carbocycles. The first-order valence-corrected chi connectivity index (χ1v) is 7.20. The van der Waals surface area contributed by atoms with Gasteiger partial charge in [0, 0.05) is 17.6 Å². The number of benzene rings is 1. The van der Waals surface area contributed by atoms with Gasteiger partial charge in [0.25, 0.3) is 0 Å². The van der Waals surface area contributed by atoms with E-state index in [2.05, 4.69) is 27.6 Å². The summed E-state index contributed by atoms with van der Waals surface area (Å²) in [7, 11) is 0. The van der Waals surface area contributed by atoms with Gasteiger partial charge in [0.2, 0.25) is 0 Å². The second-order valence-electron chi connectivity index (χ2n) is 5.22. The minimum Gasteiger partial charge on any atom is -0.369 e. The topological polar surface area (TPSA) is 49.9 Å². The van der Waals surface area contributed by atoms with Crippen molar-refractivity contribution in [3.63, 3.8) is 0 Å². The largest absolute Gasteiger partial charge is 0.369 e. The first kappa shape index (κ1) is 13.6. The van der Waals surface area contributed by atoms with Gasteiger partial charge in [-0.05, 0) is 37.1 Å². The van der Waals surface area contributed by atoms with E-state index in [1.54, 1.807) is 0 Å². The van der Waals surface area contributed by atoms with E-state index in [0.717, 1.165) is 29.4 Å². The quantitative estimate of drug-likeness (QED) is 0.914. The highest BCUT2D eigenvalue weighted by molar-refractivity contribution is 6.30. The molecule has 4 nitrogen and oxygen atoms in total. The molecule has 106 valence electrons. The number of nitrogens with one attached hydrogen (secondary N) is 2. The third kappa shape index (κ3) is 3.20. The molecule has 0 unspecified atom stereocenters. The van der Waals surface area contributed by atoms with E-state index in [0.29, 0.717) is 12.6 Å². The molecule has 2 atom stereocenters. The summed E-state index contributed by atoms with van der Waals surface area (Å²) >= 11 is 5.89. The normalized spacial score (nSPS) is 22.9.